The normalized spacial score (nSPS) is 11.2. The van der Waals surface area contributed by atoms with Gasteiger partial charge in [-0.1, -0.05) is 15.9 Å². The van der Waals surface area contributed by atoms with Gasteiger partial charge in [-0.25, -0.2) is 4.98 Å². The summed E-state index contributed by atoms with van der Waals surface area (Å²) < 4.78 is 2.05. The highest BCUT2D eigenvalue weighted by Gasteiger charge is 2.00. The van der Waals surface area contributed by atoms with Crippen LogP contribution in [0.15, 0.2) is 17.8 Å². The van der Waals surface area contributed by atoms with E-state index < -0.39 is 0 Å². The molecule has 0 saturated carbocycles. The molecule has 3 nitrogen and oxygen atoms in total. The van der Waals surface area contributed by atoms with Crippen molar-refractivity contribution in [2.45, 2.75) is 6.54 Å². The summed E-state index contributed by atoms with van der Waals surface area (Å²) in [6.45, 7) is 1.82. The number of rotatable bonds is 4. The van der Waals surface area contributed by atoms with E-state index in [4.69, 9.17) is 0 Å². The second-order valence-corrected chi connectivity index (χ2v) is 4.36. The van der Waals surface area contributed by atoms with Gasteiger partial charge in [0.25, 0.3) is 0 Å². The number of hydrogen-bond acceptors (Lipinski definition) is 3. The summed E-state index contributed by atoms with van der Waals surface area (Å²) in [6.07, 6.45) is 4.09. The summed E-state index contributed by atoms with van der Waals surface area (Å²) in [5, 5.41) is 6.31. The number of nitrogens with one attached hydrogen (secondary N) is 1. The minimum absolute atomic E-state index is 0.847. The first kappa shape index (κ1) is 9.18. The van der Waals surface area contributed by atoms with Gasteiger partial charge in [0.15, 0.2) is 4.96 Å². The molecule has 0 radical (unpaired) electrons. The van der Waals surface area contributed by atoms with E-state index in [0.29, 0.717) is 0 Å². The average molecular weight is 260 g/mol. The van der Waals surface area contributed by atoms with Crippen molar-refractivity contribution in [2.24, 2.45) is 0 Å². The van der Waals surface area contributed by atoms with Crippen molar-refractivity contribution in [3.8, 4) is 0 Å². The number of imidazole rings is 1. The van der Waals surface area contributed by atoms with Crippen molar-refractivity contribution in [3.63, 3.8) is 0 Å². The first-order valence-corrected chi connectivity index (χ1v) is 6.08. The van der Waals surface area contributed by atoms with E-state index in [2.05, 4.69) is 36.8 Å². The molecule has 2 aromatic rings. The molecule has 0 saturated heterocycles. The number of hydrogen-bond donors (Lipinski definition) is 1. The fraction of sp³-hybridized carbons (Fsp3) is 0.375. The highest BCUT2D eigenvalue weighted by atomic mass is 79.9. The lowest BCUT2D eigenvalue weighted by Gasteiger charge is -1.96. The van der Waals surface area contributed by atoms with E-state index in [-0.39, 0.29) is 0 Å². The zero-order valence-corrected chi connectivity index (χ0v) is 9.44. The maximum absolute atomic E-state index is 4.45. The Bertz CT molecular complexity index is 353. The van der Waals surface area contributed by atoms with Crippen molar-refractivity contribution < 1.29 is 0 Å². The number of fused-ring (bicyclic) bond motifs is 1. The van der Waals surface area contributed by atoms with Gasteiger partial charge in [0.05, 0.1) is 5.69 Å². The molecule has 0 aromatic carbocycles. The lowest BCUT2D eigenvalue weighted by atomic mass is 10.5. The lowest BCUT2D eigenvalue weighted by Crippen LogP contribution is -2.15. The molecule has 2 aromatic heterocycles. The summed E-state index contributed by atoms with van der Waals surface area (Å²) in [5.74, 6) is 0. The van der Waals surface area contributed by atoms with Crippen LogP contribution in [0.4, 0.5) is 0 Å². The quantitative estimate of drug-likeness (QED) is 0.671. The van der Waals surface area contributed by atoms with Crippen LogP contribution in [0, 0.1) is 0 Å². The van der Waals surface area contributed by atoms with E-state index in [9.17, 15) is 0 Å². The largest absolute Gasteiger partial charge is 0.310 e. The van der Waals surface area contributed by atoms with E-state index in [0.717, 1.165) is 29.1 Å². The summed E-state index contributed by atoms with van der Waals surface area (Å²) in [6, 6.07) is 0. The highest BCUT2D eigenvalue weighted by molar-refractivity contribution is 9.09. The SMILES string of the molecule is BrCCNCc1cn2ccsc2n1. The number of aromatic nitrogens is 2. The second kappa shape index (κ2) is 4.21. The third-order valence-corrected chi connectivity index (χ3v) is 2.89. The van der Waals surface area contributed by atoms with Gasteiger partial charge < -0.3 is 5.32 Å². The predicted molar refractivity (Wildman–Crippen MR) is 58.6 cm³/mol. The fourth-order valence-corrected chi connectivity index (χ4v) is 2.14. The molecule has 2 rings (SSSR count). The van der Waals surface area contributed by atoms with Gasteiger partial charge in [0.1, 0.15) is 0 Å². The maximum atomic E-state index is 4.45. The highest BCUT2D eigenvalue weighted by Crippen LogP contribution is 2.10. The Morgan fingerprint density at radius 1 is 1.62 bits per heavy atom. The molecule has 0 aliphatic carbocycles. The van der Waals surface area contributed by atoms with Gasteiger partial charge in [-0.3, -0.25) is 4.40 Å². The van der Waals surface area contributed by atoms with Crippen LogP contribution >= 0.6 is 27.3 Å². The number of thiazole rings is 1. The van der Waals surface area contributed by atoms with Crippen molar-refractivity contribution in [2.75, 3.05) is 11.9 Å². The fourth-order valence-electron chi connectivity index (χ4n) is 1.14. The van der Waals surface area contributed by atoms with E-state index in [1.54, 1.807) is 11.3 Å². The Labute approximate surface area is 88.9 Å². The second-order valence-electron chi connectivity index (χ2n) is 2.69. The molecule has 0 fully saturated rings. The third-order valence-electron chi connectivity index (χ3n) is 1.72. The number of halogens is 1. The molecule has 0 bridgehead atoms. The molecule has 0 aliphatic rings. The van der Waals surface area contributed by atoms with Crippen molar-refractivity contribution in [1.82, 2.24) is 14.7 Å². The van der Waals surface area contributed by atoms with Gasteiger partial charge in [-0.2, -0.15) is 0 Å². The van der Waals surface area contributed by atoms with E-state index in [1.165, 1.54) is 0 Å². The Kier molecular flexibility index (Phi) is 2.97. The Morgan fingerprint density at radius 3 is 3.31 bits per heavy atom. The monoisotopic (exact) mass is 259 g/mol. The third kappa shape index (κ3) is 2.10. The number of nitrogens with zero attached hydrogens (tertiary/aromatic N) is 2. The summed E-state index contributed by atoms with van der Waals surface area (Å²) in [7, 11) is 0. The van der Waals surface area contributed by atoms with Gasteiger partial charge in [0.2, 0.25) is 0 Å². The van der Waals surface area contributed by atoms with Crippen LogP contribution in [0.1, 0.15) is 5.69 Å². The van der Waals surface area contributed by atoms with Crippen LogP contribution in [-0.2, 0) is 6.54 Å². The topological polar surface area (TPSA) is 29.3 Å². The Morgan fingerprint density at radius 2 is 2.54 bits per heavy atom. The first-order valence-electron chi connectivity index (χ1n) is 4.08. The average Bonchev–Trinajstić information content (AvgIpc) is 2.64. The molecular formula is C8H10BrN3S. The Balaban J connectivity index is 2.03. The molecule has 0 spiro atoms. The molecular weight excluding hydrogens is 250 g/mol. The van der Waals surface area contributed by atoms with Crippen LogP contribution in [0.2, 0.25) is 0 Å². The van der Waals surface area contributed by atoms with Gasteiger partial charge >= 0.3 is 0 Å². The van der Waals surface area contributed by atoms with Crippen LogP contribution in [0.25, 0.3) is 4.96 Å². The lowest BCUT2D eigenvalue weighted by molar-refractivity contribution is 0.721. The summed E-state index contributed by atoms with van der Waals surface area (Å²) in [4.78, 5) is 5.51. The summed E-state index contributed by atoms with van der Waals surface area (Å²) >= 11 is 5.03. The predicted octanol–water partition coefficient (Wildman–Crippen LogP) is 1.88. The molecule has 0 aliphatic heterocycles. The van der Waals surface area contributed by atoms with Crippen LogP contribution in [0.5, 0.6) is 0 Å². The molecule has 0 atom stereocenters. The molecule has 70 valence electrons. The first-order chi connectivity index (χ1) is 6.40. The molecule has 0 amide bonds. The smallest absolute Gasteiger partial charge is 0.193 e. The maximum Gasteiger partial charge on any atom is 0.193 e. The molecule has 0 unspecified atom stereocenters. The van der Waals surface area contributed by atoms with Crippen molar-refractivity contribution in [1.29, 1.82) is 0 Å². The van der Waals surface area contributed by atoms with Crippen molar-refractivity contribution in [3.05, 3.63) is 23.5 Å². The van der Waals surface area contributed by atoms with Crippen LogP contribution < -0.4 is 5.32 Å². The molecule has 2 heterocycles. The van der Waals surface area contributed by atoms with Crippen LogP contribution in [0.3, 0.4) is 0 Å². The van der Waals surface area contributed by atoms with E-state index >= 15 is 0 Å². The standard InChI is InChI=1S/C8H10BrN3S/c9-1-2-10-5-7-6-12-3-4-13-8(12)11-7/h3-4,6,10H,1-2,5H2. The van der Waals surface area contributed by atoms with E-state index in [1.807, 2.05) is 11.6 Å². The minimum Gasteiger partial charge on any atom is -0.310 e. The van der Waals surface area contributed by atoms with Crippen molar-refractivity contribution >= 4 is 32.2 Å². The van der Waals surface area contributed by atoms with Crippen LogP contribution in [-0.4, -0.2) is 21.3 Å². The van der Waals surface area contributed by atoms with Gasteiger partial charge in [-0.15, -0.1) is 11.3 Å². The Hall–Kier alpha value is -0.390. The molecule has 5 heteroatoms. The zero-order chi connectivity index (χ0) is 9.10. The molecule has 13 heavy (non-hydrogen) atoms. The number of alkyl halides is 1. The zero-order valence-electron chi connectivity index (χ0n) is 7.03. The van der Waals surface area contributed by atoms with Gasteiger partial charge in [0, 0.05) is 36.2 Å². The minimum atomic E-state index is 0.847. The van der Waals surface area contributed by atoms with Gasteiger partial charge in [-0.05, 0) is 0 Å². The molecule has 1 N–H and O–H groups in total. The summed E-state index contributed by atoms with van der Waals surface area (Å²) in [5.41, 5.74) is 1.10.